The molecule has 0 saturated carbocycles. The van der Waals surface area contributed by atoms with E-state index in [2.05, 4.69) is 10.6 Å². The minimum atomic E-state index is -0.0717. The molecule has 0 aromatic carbocycles. The quantitative estimate of drug-likeness (QED) is 0.756. The van der Waals surface area contributed by atoms with Crippen LogP contribution in [0.2, 0.25) is 0 Å². The molecular weight excluding hydrogens is 218 g/mol. The predicted octanol–water partition coefficient (Wildman–Crippen LogP) is 0.952. The Balaban J connectivity index is 2.35. The lowest BCUT2D eigenvalue weighted by molar-refractivity contribution is -0.123. The van der Waals surface area contributed by atoms with Crippen molar-refractivity contribution in [3.8, 4) is 0 Å². The highest BCUT2D eigenvalue weighted by Gasteiger charge is 2.27. The van der Waals surface area contributed by atoms with Crippen LogP contribution in [0.25, 0.3) is 0 Å². The Morgan fingerprint density at radius 3 is 2.53 bits per heavy atom. The molecule has 0 aliphatic carbocycles. The maximum atomic E-state index is 11.7. The molecule has 1 aliphatic heterocycles. The summed E-state index contributed by atoms with van der Waals surface area (Å²) in [5.41, 5.74) is 0.00314. The van der Waals surface area contributed by atoms with Crippen LogP contribution in [-0.4, -0.2) is 43.0 Å². The summed E-state index contributed by atoms with van der Waals surface area (Å²) < 4.78 is 0. The second-order valence-corrected chi connectivity index (χ2v) is 5.79. The highest BCUT2D eigenvalue weighted by atomic mass is 16.2. The van der Waals surface area contributed by atoms with Gasteiger partial charge in [-0.15, -0.1) is 0 Å². The number of hydrogen-bond donors (Lipinski definition) is 2. The van der Waals surface area contributed by atoms with Gasteiger partial charge >= 0.3 is 6.03 Å². The van der Waals surface area contributed by atoms with Gasteiger partial charge in [0.05, 0.1) is 0 Å². The Labute approximate surface area is 103 Å². The first kappa shape index (κ1) is 13.8. The van der Waals surface area contributed by atoms with Gasteiger partial charge in [0.2, 0.25) is 5.91 Å². The van der Waals surface area contributed by atoms with Crippen molar-refractivity contribution >= 4 is 11.9 Å². The third-order valence-electron chi connectivity index (χ3n) is 2.75. The fourth-order valence-corrected chi connectivity index (χ4v) is 1.98. The molecule has 0 radical (unpaired) electrons. The zero-order valence-electron chi connectivity index (χ0n) is 11.2. The van der Waals surface area contributed by atoms with E-state index in [1.165, 1.54) is 0 Å². The van der Waals surface area contributed by atoms with Crippen molar-refractivity contribution in [3.63, 3.8) is 0 Å². The molecule has 1 fully saturated rings. The number of carbonyl (C=O) groups is 2. The molecule has 0 spiro atoms. The fourth-order valence-electron chi connectivity index (χ4n) is 1.98. The van der Waals surface area contributed by atoms with Crippen molar-refractivity contribution in [2.45, 2.75) is 39.7 Å². The van der Waals surface area contributed by atoms with Crippen molar-refractivity contribution in [1.82, 2.24) is 15.5 Å². The minimum absolute atomic E-state index is 0.00314. The standard InChI is InChI=1S/C12H23N3O2/c1-12(2,3)7-10(16)14-9-5-6-15(8-9)11(17)13-4/h9H,5-8H2,1-4H3,(H,13,17)(H,14,16)/t9-/m0/s1. The van der Waals surface area contributed by atoms with Gasteiger partial charge in [-0.05, 0) is 11.8 Å². The summed E-state index contributed by atoms with van der Waals surface area (Å²) in [6.07, 6.45) is 1.35. The lowest BCUT2D eigenvalue weighted by atomic mass is 9.92. The molecule has 0 unspecified atom stereocenters. The molecule has 5 nitrogen and oxygen atoms in total. The first-order valence-corrected chi connectivity index (χ1v) is 6.08. The number of carbonyl (C=O) groups excluding carboxylic acids is 2. The molecule has 98 valence electrons. The maximum Gasteiger partial charge on any atom is 0.317 e. The summed E-state index contributed by atoms with van der Waals surface area (Å²) in [4.78, 5) is 24.8. The van der Waals surface area contributed by atoms with Crippen LogP contribution in [0.3, 0.4) is 0 Å². The van der Waals surface area contributed by atoms with E-state index in [0.717, 1.165) is 6.42 Å². The van der Waals surface area contributed by atoms with Gasteiger partial charge in [0.25, 0.3) is 0 Å². The summed E-state index contributed by atoms with van der Waals surface area (Å²) >= 11 is 0. The van der Waals surface area contributed by atoms with Gasteiger partial charge in [-0.1, -0.05) is 20.8 Å². The number of nitrogens with one attached hydrogen (secondary N) is 2. The lowest BCUT2D eigenvalue weighted by Crippen LogP contribution is -2.41. The largest absolute Gasteiger partial charge is 0.352 e. The van der Waals surface area contributed by atoms with Crippen LogP contribution in [-0.2, 0) is 4.79 Å². The molecular formula is C12H23N3O2. The number of hydrogen-bond acceptors (Lipinski definition) is 2. The third kappa shape index (κ3) is 4.63. The van der Waals surface area contributed by atoms with Gasteiger partial charge in [0.15, 0.2) is 0 Å². The zero-order valence-corrected chi connectivity index (χ0v) is 11.2. The van der Waals surface area contributed by atoms with Crippen molar-refractivity contribution in [3.05, 3.63) is 0 Å². The predicted molar refractivity (Wildman–Crippen MR) is 66.6 cm³/mol. The Kier molecular flexibility index (Phi) is 4.37. The van der Waals surface area contributed by atoms with E-state index < -0.39 is 0 Å². The summed E-state index contributed by atoms with van der Waals surface area (Å²) in [5.74, 6) is 0.0706. The van der Waals surface area contributed by atoms with Gasteiger partial charge in [0, 0.05) is 32.6 Å². The monoisotopic (exact) mass is 241 g/mol. The van der Waals surface area contributed by atoms with Gasteiger partial charge < -0.3 is 15.5 Å². The number of likely N-dealkylation sites (tertiary alicyclic amines) is 1. The number of rotatable bonds is 2. The first-order chi connectivity index (χ1) is 7.81. The first-order valence-electron chi connectivity index (χ1n) is 6.08. The van der Waals surface area contributed by atoms with Crippen LogP contribution < -0.4 is 10.6 Å². The fraction of sp³-hybridized carbons (Fsp3) is 0.833. The van der Waals surface area contributed by atoms with E-state index in [0.29, 0.717) is 19.5 Å². The average Bonchev–Trinajstić information content (AvgIpc) is 2.62. The van der Waals surface area contributed by atoms with E-state index in [9.17, 15) is 9.59 Å². The Bertz CT molecular complexity index is 297. The van der Waals surface area contributed by atoms with E-state index in [1.54, 1.807) is 11.9 Å². The second-order valence-electron chi connectivity index (χ2n) is 5.79. The van der Waals surface area contributed by atoms with E-state index in [-0.39, 0.29) is 23.4 Å². The van der Waals surface area contributed by atoms with Crippen LogP contribution in [0, 0.1) is 5.41 Å². The molecule has 1 heterocycles. The molecule has 1 saturated heterocycles. The van der Waals surface area contributed by atoms with Crippen molar-refractivity contribution < 1.29 is 9.59 Å². The van der Waals surface area contributed by atoms with Crippen LogP contribution in [0.15, 0.2) is 0 Å². The summed E-state index contributed by atoms with van der Waals surface area (Å²) in [7, 11) is 1.62. The van der Waals surface area contributed by atoms with E-state index in [4.69, 9.17) is 0 Å². The van der Waals surface area contributed by atoms with Gasteiger partial charge in [-0.3, -0.25) is 4.79 Å². The van der Waals surface area contributed by atoms with Gasteiger partial charge in [-0.2, -0.15) is 0 Å². The zero-order chi connectivity index (χ0) is 13.1. The summed E-state index contributed by atoms with van der Waals surface area (Å²) in [5, 5.41) is 5.58. The SMILES string of the molecule is CNC(=O)N1CC[C@H](NC(=O)CC(C)(C)C)C1. The molecule has 17 heavy (non-hydrogen) atoms. The average molecular weight is 241 g/mol. The Morgan fingerprint density at radius 2 is 2.00 bits per heavy atom. The molecule has 1 rings (SSSR count). The molecule has 2 N–H and O–H groups in total. The Morgan fingerprint density at radius 1 is 1.35 bits per heavy atom. The topological polar surface area (TPSA) is 61.4 Å². The van der Waals surface area contributed by atoms with Gasteiger partial charge in [-0.25, -0.2) is 4.79 Å². The maximum absolute atomic E-state index is 11.7. The number of amides is 3. The molecule has 0 aromatic heterocycles. The van der Waals surface area contributed by atoms with Crippen LogP contribution >= 0.6 is 0 Å². The molecule has 1 aliphatic rings. The molecule has 3 amide bonds. The van der Waals surface area contributed by atoms with Gasteiger partial charge in [0.1, 0.15) is 0 Å². The van der Waals surface area contributed by atoms with Crippen LogP contribution in [0.1, 0.15) is 33.6 Å². The molecule has 0 bridgehead atoms. The third-order valence-corrected chi connectivity index (χ3v) is 2.75. The summed E-state index contributed by atoms with van der Waals surface area (Å²) in [6.45, 7) is 7.43. The minimum Gasteiger partial charge on any atom is -0.352 e. The van der Waals surface area contributed by atoms with Crippen LogP contribution in [0.4, 0.5) is 4.79 Å². The number of nitrogens with zero attached hydrogens (tertiary/aromatic N) is 1. The molecule has 1 atom stereocenters. The normalized spacial score (nSPS) is 20.2. The smallest absolute Gasteiger partial charge is 0.317 e. The van der Waals surface area contributed by atoms with Crippen molar-refractivity contribution in [2.24, 2.45) is 5.41 Å². The molecule has 5 heteroatoms. The van der Waals surface area contributed by atoms with Crippen molar-refractivity contribution in [2.75, 3.05) is 20.1 Å². The highest BCUT2D eigenvalue weighted by molar-refractivity contribution is 5.77. The van der Waals surface area contributed by atoms with E-state index in [1.807, 2.05) is 20.8 Å². The summed E-state index contributed by atoms with van der Waals surface area (Å²) in [6, 6.07) is 0.0275. The van der Waals surface area contributed by atoms with Crippen LogP contribution in [0.5, 0.6) is 0 Å². The number of urea groups is 1. The molecule has 0 aromatic rings. The Hall–Kier alpha value is -1.26. The lowest BCUT2D eigenvalue weighted by Gasteiger charge is -2.20. The van der Waals surface area contributed by atoms with E-state index >= 15 is 0 Å². The second kappa shape index (κ2) is 5.38. The van der Waals surface area contributed by atoms with Crippen molar-refractivity contribution in [1.29, 1.82) is 0 Å². The highest BCUT2D eigenvalue weighted by Crippen LogP contribution is 2.18.